The number of hydrogen-bond donors (Lipinski definition) is 4. The average molecular weight is 166 g/mol. The van der Waals surface area contributed by atoms with E-state index in [4.69, 9.17) is 11.5 Å². The van der Waals surface area contributed by atoms with Gasteiger partial charge in [0.15, 0.2) is 5.96 Å². The summed E-state index contributed by atoms with van der Waals surface area (Å²) >= 11 is 0. The molecule has 1 aromatic heterocycles. The number of H-pyrrole nitrogens is 1. The summed E-state index contributed by atoms with van der Waals surface area (Å²) in [5, 5.41) is 9.40. The standard InChI is InChI=1S/C6H10N6/c1-6(8)3-2-9-12-4(3)10-5(7)11-6/h2H,8H2,1H3,(H4,7,9,10,11,12). The second-order valence-electron chi connectivity index (χ2n) is 2.93. The molecule has 12 heavy (non-hydrogen) atoms. The van der Waals surface area contributed by atoms with Crippen LogP contribution in [0, 0.1) is 0 Å². The minimum absolute atomic E-state index is 0.303. The number of hydrogen-bond acceptors (Lipinski definition) is 5. The van der Waals surface area contributed by atoms with Crippen LogP contribution in [0.1, 0.15) is 12.5 Å². The van der Waals surface area contributed by atoms with Gasteiger partial charge in [-0.3, -0.25) is 5.10 Å². The van der Waals surface area contributed by atoms with E-state index in [1.54, 1.807) is 13.1 Å². The Labute approximate surface area is 69.0 Å². The number of aromatic nitrogens is 2. The molecule has 0 bridgehead atoms. The van der Waals surface area contributed by atoms with Crippen molar-refractivity contribution in [2.45, 2.75) is 12.6 Å². The molecule has 0 radical (unpaired) electrons. The first kappa shape index (κ1) is 7.11. The molecule has 6 N–H and O–H groups in total. The fourth-order valence-corrected chi connectivity index (χ4v) is 1.23. The van der Waals surface area contributed by atoms with E-state index in [1.165, 1.54) is 0 Å². The van der Waals surface area contributed by atoms with Gasteiger partial charge in [-0.25, -0.2) is 4.99 Å². The Morgan fingerprint density at radius 3 is 3.08 bits per heavy atom. The summed E-state index contributed by atoms with van der Waals surface area (Å²) in [6, 6.07) is 0. The van der Waals surface area contributed by atoms with Gasteiger partial charge in [-0.2, -0.15) is 5.10 Å². The van der Waals surface area contributed by atoms with E-state index in [9.17, 15) is 0 Å². The van der Waals surface area contributed by atoms with Crippen molar-refractivity contribution in [2.24, 2.45) is 16.5 Å². The smallest absolute Gasteiger partial charge is 0.196 e. The van der Waals surface area contributed by atoms with Gasteiger partial charge >= 0.3 is 0 Å². The molecule has 0 aromatic carbocycles. The number of nitrogens with zero attached hydrogens (tertiary/aromatic N) is 2. The summed E-state index contributed by atoms with van der Waals surface area (Å²) in [6.45, 7) is 1.77. The van der Waals surface area contributed by atoms with Gasteiger partial charge in [0.1, 0.15) is 11.5 Å². The Kier molecular flexibility index (Phi) is 1.17. The molecular formula is C6H10N6. The summed E-state index contributed by atoms with van der Waals surface area (Å²) in [4.78, 5) is 4.03. The molecular weight excluding hydrogens is 156 g/mol. The highest BCUT2D eigenvalue weighted by Crippen LogP contribution is 2.27. The summed E-state index contributed by atoms with van der Waals surface area (Å²) in [6.07, 6.45) is 1.64. The Hall–Kier alpha value is -1.56. The van der Waals surface area contributed by atoms with Crippen LogP contribution < -0.4 is 16.8 Å². The molecule has 6 heteroatoms. The number of nitrogens with two attached hydrogens (primary N) is 2. The highest BCUT2D eigenvalue weighted by molar-refractivity contribution is 5.94. The Bertz CT molecular complexity index is 336. The second-order valence-corrected chi connectivity index (χ2v) is 2.93. The van der Waals surface area contributed by atoms with E-state index < -0.39 is 5.66 Å². The molecule has 2 heterocycles. The molecule has 1 aliphatic rings. The van der Waals surface area contributed by atoms with Crippen molar-refractivity contribution in [1.29, 1.82) is 0 Å². The van der Waals surface area contributed by atoms with Gasteiger partial charge in [0.05, 0.1) is 11.8 Å². The largest absolute Gasteiger partial charge is 0.370 e. The first-order valence-corrected chi connectivity index (χ1v) is 3.55. The number of guanidine groups is 1. The molecule has 1 aliphatic heterocycles. The molecule has 0 saturated carbocycles. The monoisotopic (exact) mass is 166 g/mol. The van der Waals surface area contributed by atoms with E-state index >= 15 is 0 Å². The summed E-state index contributed by atoms with van der Waals surface area (Å²) in [7, 11) is 0. The van der Waals surface area contributed by atoms with Crippen LogP contribution >= 0.6 is 0 Å². The van der Waals surface area contributed by atoms with Crippen LogP contribution in [-0.2, 0) is 5.66 Å². The van der Waals surface area contributed by atoms with E-state index in [2.05, 4.69) is 20.5 Å². The van der Waals surface area contributed by atoms with Crippen molar-refractivity contribution < 1.29 is 0 Å². The maximum Gasteiger partial charge on any atom is 0.196 e. The van der Waals surface area contributed by atoms with E-state index in [0.717, 1.165) is 5.56 Å². The van der Waals surface area contributed by atoms with Crippen LogP contribution in [0.15, 0.2) is 11.2 Å². The van der Waals surface area contributed by atoms with Crippen molar-refractivity contribution in [1.82, 2.24) is 10.2 Å². The van der Waals surface area contributed by atoms with Gasteiger partial charge in [-0.15, -0.1) is 0 Å². The van der Waals surface area contributed by atoms with Crippen molar-refractivity contribution in [3.05, 3.63) is 11.8 Å². The predicted molar refractivity (Wildman–Crippen MR) is 45.4 cm³/mol. The minimum Gasteiger partial charge on any atom is -0.370 e. The Morgan fingerprint density at radius 2 is 2.33 bits per heavy atom. The zero-order chi connectivity index (χ0) is 8.77. The number of anilines is 1. The van der Waals surface area contributed by atoms with Gasteiger partial charge < -0.3 is 16.8 Å². The molecule has 0 spiro atoms. The highest BCUT2D eigenvalue weighted by atomic mass is 15.3. The molecule has 1 aromatic rings. The van der Waals surface area contributed by atoms with Gasteiger partial charge in [-0.05, 0) is 6.92 Å². The first-order valence-electron chi connectivity index (χ1n) is 3.55. The van der Waals surface area contributed by atoms with Crippen molar-refractivity contribution in [2.75, 3.05) is 5.32 Å². The maximum atomic E-state index is 5.86. The molecule has 0 saturated heterocycles. The third-order valence-corrected chi connectivity index (χ3v) is 1.79. The molecule has 6 nitrogen and oxygen atoms in total. The quantitative estimate of drug-likeness (QED) is 0.408. The first-order chi connectivity index (χ1) is 5.59. The lowest BCUT2D eigenvalue weighted by Gasteiger charge is -2.25. The minimum atomic E-state index is -0.780. The fourth-order valence-electron chi connectivity index (χ4n) is 1.23. The molecule has 2 rings (SSSR count). The van der Waals surface area contributed by atoms with E-state index in [0.29, 0.717) is 11.8 Å². The number of aliphatic imine (C=N–C) groups is 1. The van der Waals surface area contributed by atoms with Crippen molar-refractivity contribution in [3.8, 4) is 0 Å². The molecule has 1 atom stereocenters. The maximum absolute atomic E-state index is 5.86. The molecule has 0 aliphatic carbocycles. The third-order valence-electron chi connectivity index (χ3n) is 1.79. The van der Waals surface area contributed by atoms with Gasteiger partial charge in [-0.1, -0.05) is 0 Å². The average Bonchev–Trinajstić information content (AvgIpc) is 2.32. The lowest BCUT2D eigenvalue weighted by atomic mass is 10.1. The van der Waals surface area contributed by atoms with Gasteiger partial charge in [0.25, 0.3) is 0 Å². The topological polar surface area (TPSA) is 105 Å². The molecule has 0 amide bonds. The normalized spacial score (nSPS) is 27.3. The summed E-state index contributed by atoms with van der Waals surface area (Å²) in [5.74, 6) is 1.02. The third kappa shape index (κ3) is 0.850. The highest BCUT2D eigenvalue weighted by Gasteiger charge is 2.29. The van der Waals surface area contributed by atoms with Gasteiger partial charge in [0.2, 0.25) is 0 Å². The second kappa shape index (κ2) is 1.98. The van der Waals surface area contributed by atoms with E-state index in [1.807, 2.05) is 0 Å². The lowest BCUT2D eigenvalue weighted by molar-refractivity contribution is 0.521. The fraction of sp³-hybridized carbons (Fsp3) is 0.333. The van der Waals surface area contributed by atoms with Crippen LogP contribution in [0.2, 0.25) is 0 Å². The van der Waals surface area contributed by atoms with E-state index in [-0.39, 0.29) is 0 Å². The number of fused-ring (bicyclic) bond motifs is 1. The zero-order valence-corrected chi connectivity index (χ0v) is 6.63. The van der Waals surface area contributed by atoms with Crippen LogP contribution in [-0.4, -0.2) is 16.2 Å². The zero-order valence-electron chi connectivity index (χ0n) is 6.63. The van der Waals surface area contributed by atoms with Crippen LogP contribution in [0.4, 0.5) is 5.82 Å². The molecule has 64 valence electrons. The van der Waals surface area contributed by atoms with Crippen LogP contribution in [0.3, 0.4) is 0 Å². The van der Waals surface area contributed by atoms with Crippen LogP contribution in [0.5, 0.6) is 0 Å². The van der Waals surface area contributed by atoms with Crippen molar-refractivity contribution >= 4 is 11.8 Å². The Morgan fingerprint density at radius 1 is 1.58 bits per heavy atom. The number of rotatable bonds is 0. The summed E-state index contributed by atoms with van der Waals surface area (Å²) in [5.41, 5.74) is 11.4. The lowest BCUT2D eigenvalue weighted by Crippen LogP contribution is -2.40. The number of nitrogens with one attached hydrogen (secondary N) is 2. The summed E-state index contributed by atoms with van der Waals surface area (Å²) < 4.78 is 0. The van der Waals surface area contributed by atoms with Crippen LogP contribution in [0.25, 0.3) is 0 Å². The van der Waals surface area contributed by atoms with Crippen molar-refractivity contribution in [3.63, 3.8) is 0 Å². The van der Waals surface area contributed by atoms with Gasteiger partial charge in [0, 0.05) is 0 Å². The Balaban J connectivity index is 2.55. The predicted octanol–water partition coefficient (Wildman–Crippen LogP) is -0.719. The molecule has 1 unspecified atom stereocenters. The number of aromatic amines is 1. The SMILES string of the molecule is CC1(N)N=C(N)Nc2[nH]ncc21. The molecule has 0 fully saturated rings.